The van der Waals surface area contributed by atoms with Gasteiger partial charge >= 0.3 is 0 Å². The lowest BCUT2D eigenvalue weighted by Gasteiger charge is -2.34. The third kappa shape index (κ3) is 9.52. The Morgan fingerprint density at radius 2 is 1.50 bits per heavy atom. The SMILES string of the molecule is CCCCNC(=O)C(Cc1ccccc1)N(Cc1c(Cl)cccc1Cl)C(=O)CN(c1ccc(C)cc1)S(=O)(=O)c1ccc(OCC)cc1. The van der Waals surface area contributed by atoms with Crippen molar-refractivity contribution in [3.63, 3.8) is 0 Å². The predicted octanol–water partition coefficient (Wildman–Crippen LogP) is 7.45. The van der Waals surface area contributed by atoms with Crippen LogP contribution in [0.25, 0.3) is 0 Å². The number of sulfonamides is 1. The summed E-state index contributed by atoms with van der Waals surface area (Å²) in [5.74, 6) is -0.442. The molecule has 0 bridgehead atoms. The second kappa shape index (κ2) is 17.4. The highest BCUT2D eigenvalue weighted by molar-refractivity contribution is 7.92. The van der Waals surface area contributed by atoms with E-state index in [2.05, 4.69) is 5.32 Å². The fraction of sp³-hybridized carbons (Fsp3) is 0.297. The average Bonchev–Trinajstić information content (AvgIpc) is 3.07. The van der Waals surface area contributed by atoms with Gasteiger partial charge in [0.15, 0.2) is 0 Å². The number of carbonyl (C=O) groups is 2. The van der Waals surface area contributed by atoms with Crippen LogP contribution < -0.4 is 14.4 Å². The number of nitrogens with zero attached hydrogens (tertiary/aromatic N) is 2. The summed E-state index contributed by atoms with van der Waals surface area (Å²) >= 11 is 13.2. The number of halogens is 2. The van der Waals surface area contributed by atoms with E-state index < -0.39 is 28.5 Å². The number of hydrogen-bond donors (Lipinski definition) is 1. The molecule has 1 N–H and O–H groups in total. The number of aryl methyl sites for hydroxylation is 1. The van der Waals surface area contributed by atoms with Gasteiger partial charge in [-0.25, -0.2) is 8.42 Å². The van der Waals surface area contributed by atoms with Crippen molar-refractivity contribution in [3.05, 3.63) is 124 Å². The van der Waals surface area contributed by atoms with E-state index in [1.807, 2.05) is 51.1 Å². The number of benzene rings is 4. The molecule has 0 spiro atoms. The fourth-order valence-electron chi connectivity index (χ4n) is 5.16. The van der Waals surface area contributed by atoms with Crippen molar-refractivity contribution in [2.75, 3.05) is 24.0 Å². The maximum absolute atomic E-state index is 14.6. The molecule has 11 heteroatoms. The summed E-state index contributed by atoms with van der Waals surface area (Å²) in [6.45, 7) is 5.89. The van der Waals surface area contributed by atoms with Gasteiger partial charge in [0.05, 0.1) is 17.2 Å². The Kier molecular flexibility index (Phi) is 13.3. The van der Waals surface area contributed by atoms with E-state index in [1.165, 1.54) is 17.0 Å². The molecule has 0 aliphatic carbocycles. The number of carbonyl (C=O) groups excluding carboxylic acids is 2. The molecule has 48 heavy (non-hydrogen) atoms. The summed E-state index contributed by atoms with van der Waals surface area (Å²) in [5, 5.41) is 3.62. The fourth-order valence-corrected chi connectivity index (χ4v) is 7.09. The Morgan fingerprint density at radius 3 is 2.10 bits per heavy atom. The minimum atomic E-state index is -4.26. The van der Waals surface area contributed by atoms with Crippen molar-refractivity contribution < 1.29 is 22.7 Å². The molecule has 0 aliphatic rings. The normalized spacial score (nSPS) is 11.9. The highest BCUT2D eigenvalue weighted by Crippen LogP contribution is 2.29. The zero-order valence-corrected chi connectivity index (χ0v) is 29.7. The van der Waals surface area contributed by atoms with Crippen molar-refractivity contribution >= 4 is 50.7 Å². The van der Waals surface area contributed by atoms with Crippen molar-refractivity contribution in [1.82, 2.24) is 10.2 Å². The van der Waals surface area contributed by atoms with Gasteiger partial charge in [-0.15, -0.1) is 0 Å². The number of anilines is 1. The van der Waals surface area contributed by atoms with E-state index in [9.17, 15) is 18.0 Å². The first-order valence-electron chi connectivity index (χ1n) is 15.9. The highest BCUT2D eigenvalue weighted by atomic mass is 35.5. The Labute approximate surface area is 293 Å². The van der Waals surface area contributed by atoms with E-state index in [-0.39, 0.29) is 23.8 Å². The first kappa shape index (κ1) is 36.8. The smallest absolute Gasteiger partial charge is 0.264 e. The van der Waals surface area contributed by atoms with Crippen LogP contribution in [0.15, 0.2) is 102 Å². The summed E-state index contributed by atoms with van der Waals surface area (Å²) in [6.07, 6.45) is 1.81. The van der Waals surface area contributed by atoms with Gasteiger partial charge in [-0.2, -0.15) is 0 Å². The van der Waals surface area contributed by atoms with Crippen LogP contribution in [0.3, 0.4) is 0 Å². The number of nitrogens with one attached hydrogen (secondary N) is 1. The number of ether oxygens (including phenoxy) is 1. The minimum Gasteiger partial charge on any atom is -0.494 e. The van der Waals surface area contributed by atoms with Crippen LogP contribution >= 0.6 is 23.2 Å². The standard InChI is InChI=1S/C37H41Cl2N3O5S/c1-4-6-23-40-37(44)35(24-28-11-8-7-9-12-28)41(25-32-33(38)13-10-14-34(32)39)36(43)26-42(29-17-15-27(3)16-18-29)48(45,46)31-21-19-30(20-22-31)47-5-2/h7-22,35H,4-6,23-26H2,1-3H3,(H,40,44). The molecule has 4 rings (SSSR count). The quantitative estimate of drug-likeness (QED) is 0.122. The average molecular weight is 711 g/mol. The van der Waals surface area contributed by atoms with E-state index in [1.54, 1.807) is 54.6 Å². The molecule has 4 aromatic rings. The summed E-state index contributed by atoms with van der Waals surface area (Å²) in [6, 6.07) is 26.3. The Balaban J connectivity index is 1.81. The molecule has 0 radical (unpaired) electrons. The van der Waals surface area contributed by atoms with Gasteiger partial charge in [-0.05, 0) is 74.4 Å². The van der Waals surface area contributed by atoms with Crippen LogP contribution in [0, 0.1) is 6.92 Å². The highest BCUT2D eigenvalue weighted by Gasteiger charge is 2.35. The van der Waals surface area contributed by atoms with Crippen molar-refractivity contribution in [2.45, 2.75) is 57.5 Å². The van der Waals surface area contributed by atoms with E-state index >= 15 is 0 Å². The van der Waals surface area contributed by atoms with Crippen molar-refractivity contribution in [2.24, 2.45) is 0 Å². The topological polar surface area (TPSA) is 96.0 Å². The first-order chi connectivity index (χ1) is 23.0. The lowest BCUT2D eigenvalue weighted by Crippen LogP contribution is -2.53. The Morgan fingerprint density at radius 1 is 0.854 bits per heavy atom. The lowest BCUT2D eigenvalue weighted by atomic mass is 10.0. The maximum atomic E-state index is 14.6. The van der Waals surface area contributed by atoms with Gasteiger partial charge in [0, 0.05) is 35.1 Å². The molecule has 0 saturated carbocycles. The molecule has 0 saturated heterocycles. The zero-order chi connectivity index (χ0) is 34.7. The molecule has 0 aromatic heterocycles. The summed E-state index contributed by atoms with van der Waals surface area (Å²) in [7, 11) is -4.26. The monoisotopic (exact) mass is 709 g/mol. The Hall–Kier alpha value is -4.05. The number of rotatable bonds is 16. The summed E-state index contributed by atoms with van der Waals surface area (Å²) < 4.78 is 35.1. The molecule has 1 unspecified atom stereocenters. The third-order valence-corrected chi connectivity index (χ3v) is 10.3. The number of unbranched alkanes of at least 4 members (excludes halogenated alkanes) is 1. The molecule has 8 nitrogen and oxygen atoms in total. The van der Waals surface area contributed by atoms with Crippen LogP contribution in [0.5, 0.6) is 5.75 Å². The molecule has 2 amide bonds. The van der Waals surface area contributed by atoms with Crippen LogP contribution in [-0.4, -0.2) is 50.9 Å². The summed E-state index contributed by atoms with van der Waals surface area (Å²) in [4.78, 5) is 29.9. The lowest BCUT2D eigenvalue weighted by molar-refractivity contribution is -0.140. The molecule has 4 aromatic carbocycles. The largest absolute Gasteiger partial charge is 0.494 e. The second-order valence-electron chi connectivity index (χ2n) is 11.3. The van der Waals surface area contributed by atoms with E-state index in [0.29, 0.717) is 40.2 Å². The predicted molar refractivity (Wildman–Crippen MR) is 192 cm³/mol. The minimum absolute atomic E-state index is 0.0156. The van der Waals surface area contributed by atoms with Crippen LogP contribution in [-0.2, 0) is 32.6 Å². The molecular formula is C37H41Cl2N3O5S. The van der Waals surface area contributed by atoms with Gasteiger partial charge in [-0.3, -0.25) is 13.9 Å². The van der Waals surface area contributed by atoms with Crippen LogP contribution in [0.4, 0.5) is 5.69 Å². The Bertz CT molecular complexity index is 1750. The zero-order valence-electron chi connectivity index (χ0n) is 27.4. The van der Waals surface area contributed by atoms with Gasteiger partial charge in [0.1, 0.15) is 18.3 Å². The maximum Gasteiger partial charge on any atom is 0.264 e. The molecule has 0 aliphatic heterocycles. The third-order valence-electron chi connectivity index (χ3n) is 7.81. The molecule has 0 fully saturated rings. The molecule has 0 heterocycles. The van der Waals surface area contributed by atoms with Gasteiger partial charge in [-0.1, -0.05) is 90.6 Å². The number of hydrogen-bond acceptors (Lipinski definition) is 5. The van der Waals surface area contributed by atoms with Gasteiger partial charge in [0.25, 0.3) is 10.0 Å². The number of amides is 2. The molecule has 254 valence electrons. The first-order valence-corrected chi connectivity index (χ1v) is 18.1. The van der Waals surface area contributed by atoms with Crippen molar-refractivity contribution in [3.8, 4) is 5.75 Å². The van der Waals surface area contributed by atoms with Gasteiger partial charge < -0.3 is 15.0 Å². The molecular weight excluding hydrogens is 669 g/mol. The van der Waals surface area contributed by atoms with E-state index in [4.69, 9.17) is 27.9 Å². The van der Waals surface area contributed by atoms with E-state index in [0.717, 1.165) is 28.3 Å². The summed E-state index contributed by atoms with van der Waals surface area (Å²) in [5.41, 5.74) is 2.49. The van der Waals surface area contributed by atoms with Crippen LogP contribution in [0.1, 0.15) is 43.4 Å². The van der Waals surface area contributed by atoms with Crippen molar-refractivity contribution in [1.29, 1.82) is 0 Å². The van der Waals surface area contributed by atoms with Crippen LogP contribution in [0.2, 0.25) is 10.0 Å². The molecule has 1 atom stereocenters. The second-order valence-corrected chi connectivity index (χ2v) is 14.0. The van der Waals surface area contributed by atoms with Gasteiger partial charge in [0.2, 0.25) is 11.8 Å².